The average Bonchev–Trinajstić information content (AvgIpc) is 2.65. The number of benzene rings is 1. The molecule has 136 valence electrons. The summed E-state index contributed by atoms with van der Waals surface area (Å²) in [5, 5.41) is 0. The van der Waals surface area contributed by atoms with E-state index < -0.39 is 5.97 Å². The summed E-state index contributed by atoms with van der Waals surface area (Å²) in [6.07, 6.45) is 3.00. The van der Waals surface area contributed by atoms with Crippen molar-refractivity contribution in [2.75, 3.05) is 33.1 Å². The SMILES string of the molecule is COc1cc(SC)ccc1C(=O)OCC(=O)N1CCC(C(N)=O)CC1. The minimum atomic E-state index is -0.607. The Bertz CT molecular complexity index is 656. The van der Waals surface area contributed by atoms with Crippen LogP contribution in [0.4, 0.5) is 0 Å². The number of amides is 2. The fourth-order valence-electron chi connectivity index (χ4n) is 2.68. The predicted octanol–water partition coefficient (Wildman–Crippen LogP) is 1.30. The third kappa shape index (κ3) is 4.88. The summed E-state index contributed by atoms with van der Waals surface area (Å²) in [5.41, 5.74) is 5.55. The van der Waals surface area contributed by atoms with Gasteiger partial charge in [0.15, 0.2) is 6.61 Å². The molecule has 0 atom stereocenters. The van der Waals surface area contributed by atoms with Gasteiger partial charge in [0.1, 0.15) is 11.3 Å². The number of rotatable bonds is 6. The van der Waals surface area contributed by atoms with Crippen LogP contribution in [0.5, 0.6) is 5.75 Å². The Kier molecular flexibility index (Phi) is 6.69. The third-order valence-electron chi connectivity index (χ3n) is 4.21. The van der Waals surface area contributed by atoms with Crippen molar-refractivity contribution in [2.45, 2.75) is 17.7 Å². The van der Waals surface area contributed by atoms with E-state index >= 15 is 0 Å². The van der Waals surface area contributed by atoms with Crippen LogP contribution in [-0.4, -0.2) is 55.7 Å². The standard InChI is InChI=1S/C17H22N2O5S/c1-23-14-9-12(25-2)3-4-13(14)17(22)24-10-15(20)19-7-5-11(6-8-19)16(18)21/h3-4,9,11H,5-8,10H2,1-2H3,(H2,18,21). The zero-order valence-electron chi connectivity index (χ0n) is 14.3. The van der Waals surface area contributed by atoms with E-state index in [1.54, 1.807) is 23.1 Å². The lowest BCUT2D eigenvalue weighted by Gasteiger charge is -2.30. The van der Waals surface area contributed by atoms with Gasteiger partial charge in [-0.15, -0.1) is 11.8 Å². The number of carbonyl (C=O) groups is 3. The number of primary amides is 1. The number of methoxy groups -OCH3 is 1. The molecule has 1 aliphatic heterocycles. The molecular formula is C17H22N2O5S. The van der Waals surface area contributed by atoms with Gasteiger partial charge >= 0.3 is 5.97 Å². The van der Waals surface area contributed by atoms with Crippen LogP contribution in [0.25, 0.3) is 0 Å². The molecule has 0 spiro atoms. The van der Waals surface area contributed by atoms with E-state index in [0.717, 1.165) is 4.90 Å². The molecular weight excluding hydrogens is 344 g/mol. The molecule has 0 saturated carbocycles. The summed E-state index contributed by atoms with van der Waals surface area (Å²) in [6, 6.07) is 5.16. The molecule has 2 rings (SSSR count). The van der Waals surface area contributed by atoms with Gasteiger partial charge in [0.2, 0.25) is 5.91 Å². The lowest BCUT2D eigenvalue weighted by atomic mass is 9.96. The van der Waals surface area contributed by atoms with Gasteiger partial charge in [0, 0.05) is 23.9 Å². The van der Waals surface area contributed by atoms with Gasteiger partial charge < -0.3 is 20.1 Å². The zero-order valence-corrected chi connectivity index (χ0v) is 15.1. The molecule has 7 nitrogen and oxygen atoms in total. The van der Waals surface area contributed by atoms with E-state index in [0.29, 0.717) is 31.7 Å². The molecule has 0 aromatic heterocycles. The summed E-state index contributed by atoms with van der Waals surface area (Å²) in [5.74, 6) is -1.00. The second-order valence-electron chi connectivity index (χ2n) is 5.70. The molecule has 2 amide bonds. The zero-order chi connectivity index (χ0) is 18.4. The summed E-state index contributed by atoms with van der Waals surface area (Å²) >= 11 is 1.53. The Hall–Kier alpha value is -2.22. The van der Waals surface area contributed by atoms with Gasteiger partial charge in [-0.2, -0.15) is 0 Å². The van der Waals surface area contributed by atoms with E-state index in [-0.39, 0.29) is 29.9 Å². The Morgan fingerprint density at radius 3 is 2.52 bits per heavy atom. The molecule has 1 saturated heterocycles. The van der Waals surface area contributed by atoms with Crippen LogP contribution in [-0.2, 0) is 14.3 Å². The number of hydrogen-bond acceptors (Lipinski definition) is 6. The van der Waals surface area contributed by atoms with E-state index in [9.17, 15) is 14.4 Å². The van der Waals surface area contributed by atoms with E-state index in [4.69, 9.17) is 15.2 Å². The van der Waals surface area contributed by atoms with Crippen LogP contribution in [0.3, 0.4) is 0 Å². The number of carbonyl (C=O) groups excluding carboxylic acids is 3. The molecule has 0 bridgehead atoms. The van der Waals surface area contributed by atoms with Crippen molar-refractivity contribution in [2.24, 2.45) is 11.7 Å². The van der Waals surface area contributed by atoms with Crippen LogP contribution in [0.1, 0.15) is 23.2 Å². The highest BCUT2D eigenvalue weighted by molar-refractivity contribution is 7.98. The molecule has 0 radical (unpaired) electrons. The summed E-state index contributed by atoms with van der Waals surface area (Å²) in [6.45, 7) is 0.541. The summed E-state index contributed by atoms with van der Waals surface area (Å²) < 4.78 is 10.3. The molecule has 2 N–H and O–H groups in total. The number of nitrogens with zero attached hydrogens (tertiary/aromatic N) is 1. The minimum absolute atomic E-state index is 0.189. The molecule has 1 aliphatic rings. The first-order valence-electron chi connectivity index (χ1n) is 7.92. The normalized spacial score (nSPS) is 14.9. The maximum Gasteiger partial charge on any atom is 0.342 e. The fraction of sp³-hybridized carbons (Fsp3) is 0.471. The number of nitrogens with two attached hydrogens (primary N) is 1. The van der Waals surface area contributed by atoms with Gasteiger partial charge in [-0.05, 0) is 37.3 Å². The Balaban J connectivity index is 1.90. The number of likely N-dealkylation sites (tertiary alicyclic amines) is 1. The maximum absolute atomic E-state index is 12.2. The number of hydrogen-bond donors (Lipinski definition) is 1. The monoisotopic (exact) mass is 366 g/mol. The summed E-state index contributed by atoms with van der Waals surface area (Å²) in [7, 11) is 1.48. The smallest absolute Gasteiger partial charge is 0.342 e. The van der Waals surface area contributed by atoms with Crippen LogP contribution in [0.15, 0.2) is 23.1 Å². The molecule has 25 heavy (non-hydrogen) atoms. The summed E-state index contributed by atoms with van der Waals surface area (Å²) in [4.78, 5) is 38.1. The van der Waals surface area contributed by atoms with Crippen molar-refractivity contribution in [3.63, 3.8) is 0 Å². The highest BCUT2D eigenvalue weighted by atomic mass is 32.2. The van der Waals surface area contributed by atoms with Crippen molar-refractivity contribution >= 4 is 29.5 Å². The Labute approximate surface area is 150 Å². The molecule has 1 aromatic carbocycles. The number of ether oxygens (including phenoxy) is 2. The number of thioether (sulfide) groups is 1. The average molecular weight is 366 g/mol. The minimum Gasteiger partial charge on any atom is -0.496 e. The van der Waals surface area contributed by atoms with Crippen LogP contribution in [0, 0.1) is 5.92 Å². The van der Waals surface area contributed by atoms with Crippen LogP contribution >= 0.6 is 11.8 Å². The van der Waals surface area contributed by atoms with Crippen molar-refractivity contribution < 1.29 is 23.9 Å². The van der Waals surface area contributed by atoms with Gasteiger partial charge in [-0.3, -0.25) is 9.59 Å². The van der Waals surface area contributed by atoms with Crippen LogP contribution < -0.4 is 10.5 Å². The number of esters is 1. The van der Waals surface area contributed by atoms with Gasteiger partial charge in [0.25, 0.3) is 5.91 Å². The second kappa shape index (κ2) is 8.75. The lowest BCUT2D eigenvalue weighted by Crippen LogP contribution is -2.43. The van der Waals surface area contributed by atoms with E-state index in [1.807, 2.05) is 6.26 Å². The highest BCUT2D eigenvalue weighted by Gasteiger charge is 2.26. The Morgan fingerprint density at radius 2 is 1.96 bits per heavy atom. The van der Waals surface area contributed by atoms with Crippen molar-refractivity contribution in [1.82, 2.24) is 4.90 Å². The fourth-order valence-corrected chi connectivity index (χ4v) is 3.11. The predicted molar refractivity (Wildman–Crippen MR) is 93.6 cm³/mol. The Morgan fingerprint density at radius 1 is 1.28 bits per heavy atom. The third-order valence-corrected chi connectivity index (χ3v) is 4.93. The molecule has 0 aliphatic carbocycles. The molecule has 8 heteroatoms. The first kappa shape index (κ1) is 19.1. The first-order chi connectivity index (χ1) is 12.0. The molecule has 1 fully saturated rings. The first-order valence-corrected chi connectivity index (χ1v) is 9.15. The largest absolute Gasteiger partial charge is 0.496 e. The lowest BCUT2D eigenvalue weighted by molar-refractivity contribution is -0.137. The quantitative estimate of drug-likeness (QED) is 0.602. The van der Waals surface area contributed by atoms with Gasteiger partial charge in [0.05, 0.1) is 7.11 Å². The topological polar surface area (TPSA) is 98.9 Å². The van der Waals surface area contributed by atoms with Gasteiger partial charge in [-0.1, -0.05) is 0 Å². The van der Waals surface area contributed by atoms with Gasteiger partial charge in [-0.25, -0.2) is 4.79 Å². The second-order valence-corrected chi connectivity index (χ2v) is 6.58. The van der Waals surface area contributed by atoms with E-state index in [1.165, 1.54) is 18.9 Å². The molecule has 1 heterocycles. The molecule has 0 unspecified atom stereocenters. The highest BCUT2D eigenvalue weighted by Crippen LogP contribution is 2.26. The van der Waals surface area contributed by atoms with E-state index in [2.05, 4.69) is 0 Å². The molecule has 1 aromatic rings. The van der Waals surface area contributed by atoms with Crippen molar-refractivity contribution in [3.05, 3.63) is 23.8 Å². The van der Waals surface area contributed by atoms with Crippen molar-refractivity contribution in [1.29, 1.82) is 0 Å². The maximum atomic E-state index is 12.2. The number of piperidine rings is 1. The van der Waals surface area contributed by atoms with Crippen molar-refractivity contribution in [3.8, 4) is 5.75 Å². The van der Waals surface area contributed by atoms with Crippen LogP contribution in [0.2, 0.25) is 0 Å².